The molecular formula is C15H15Br2NO. The first-order chi connectivity index (χ1) is 8.61. The number of halogens is 2. The SMILES string of the molecule is Br.Cc1ccc(-c2ccc(C(=O)CBr)c(C)n2)cc1. The van der Waals surface area contributed by atoms with Crippen molar-refractivity contribution in [2.45, 2.75) is 13.8 Å². The molecule has 0 bridgehead atoms. The minimum absolute atomic E-state index is 0. The number of hydrogen-bond acceptors (Lipinski definition) is 2. The van der Waals surface area contributed by atoms with Gasteiger partial charge in [0.05, 0.1) is 11.0 Å². The first-order valence-electron chi connectivity index (χ1n) is 5.75. The molecule has 0 unspecified atom stereocenters. The van der Waals surface area contributed by atoms with Crippen molar-refractivity contribution in [1.82, 2.24) is 4.98 Å². The van der Waals surface area contributed by atoms with Crippen molar-refractivity contribution in [2.75, 3.05) is 5.33 Å². The third-order valence-electron chi connectivity index (χ3n) is 2.85. The molecule has 19 heavy (non-hydrogen) atoms. The van der Waals surface area contributed by atoms with E-state index in [4.69, 9.17) is 0 Å². The monoisotopic (exact) mass is 383 g/mol. The van der Waals surface area contributed by atoms with Gasteiger partial charge in [0.2, 0.25) is 0 Å². The fourth-order valence-electron chi connectivity index (χ4n) is 1.81. The first-order valence-corrected chi connectivity index (χ1v) is 6.88. The van der Waals surface area contributed by atoms with Crippen LogP contribution >= 0.6 is 32.9 Å². The van der Waals surface area contributed by atoms with Crippen LogP contribution in [-0.4, -0.2) is 16.1 Å². The molecule has 0 aliphatic carbocycles. The molecule has 0 radical (unpaired) electrons. The maximum atomic E-state index is 11.6. The number of Topliss-reactive ketones (excluding diaryl/α,β-unsaturated/α-hetero) is 1. The number of aromatic nitrogens is 1. The van der Waals surface area contributed by atoms with Crippen molar-refractivity contribution in [1.29, 1.82) is 0 Å². The predicted octanol–water partition coefficient (Wildman–Crippen LogP) is 4.52. The second-order valence-corrected chi connectivity index (χ2v) is 4.81. The van der Waals surface area contributed by atoms with E-state index in [0.29, 0.717) is 10.9 Å². The lowest BCUT2D eigenvalue weighted by atomic mass is 10.1. The van der Waals surface area contributed by atoms with Crippen LogP contribution in [0.25, 0.3) is 11.3 Å². The smallest absolute Gasteiger partial charge is 0.175 e. The first kappa shape index (κ1) is 16.1. The molecule has 0 atom stereocenters. The second kappa shape index (κ2) is 6.96. The summed E-state index contributed by atoms with van der Waals surface area (Å²) in [7, 11) is 0. The van der Waals surface area contributed by atoms with Crippen molar-refractivity contribution < 1.29 is 4.79 Å². The molecule has 100 valence electrons. The number of carbonyl (C=O) groups excluding carboxylic acids is 1. The van der Waals surface area contributed by atoms with E-state index in [1.54, 1.807) is 0 Å². The normalized spacial score (nSPS) is 9.84. The zero-order chi connectivity index (χ0) is 13.1. The van der Waals surface area contributed by atoms with Gasteiger partial charge in [-0.05, 0) is 26.0 Å². The summed E-state index contributed by atoms with van der Waals surface area (Å²) in [5, 5.41) is 0.333. The van der Waals surface area contributed by atoms with Crippen LogP contribution < -0.4 is 0 Å². The Balaban J connectivity index is 0.00000180. The van der Waals surface area contributed by atoms with E-state index in [-0.39, 0.29) is 22.8 Å². The molecule has 0 N–H and O–H groups in total. The number of alkyl halides is 1. The summed E-state index contributed by atoms with van der Waals surface area (Å²) in [6.07, 6.45) is 0. The average Bonchev–Trinajstić information content (AvgIpc) is 2.38. The Hall–Kier alpha value is -1.00. The molecule has 0 aliphatic rings. The number of hydrogen-bond donors (Lipinski definition) is 0. The molecule has 1 aromatic heterocycles. The van der Waals surface area contributed by atoms with Crippen LogP contribution in [0, 0.1) is 13.8 Å². The predicted molar refractivity (Wildman–Crippen MR) is 87.6 cm³/mol. The zero-order valence-electron chi connectivity index (χ0n) is 10.8. The van der Waals surface area contributed by atoms with Gasteiger partial charge in [0.25, 0.3) is 0 Å². The fourth-order valence-corrected chi connectivity index (χ4v) is 2.11. The van der Waals surface area contributed by atoms with Gasteiger partial charge in [-0.3, -0.25) is 9.78 Å². The minimum atomic E-state index is 0. The van der Waals surface area contributed by atoms with Crippen molar-refractivity contribution in [3.05, 3.63) is 53.2 Å². The van der Waals surface area contributed by atoms with Gasteiger partial charge in [-0.25, -0.2) is 0 Å². The molecule has 1 heterocycles. The average molecular weight is 385 g/mol. The third kappa shape index (κ3) is 3.74. The molecule has 0 saturated heterocycles. The molecule has 0 fully saturated rings. The van der Waals surface area contributed by atoms with Crippen LogP contribution in [0.15, 0.2) is 36.4 Å². The van der Waals surface area contributed by atoms with E-state index in [1.807, 2.05) is 31.2 Å². The van der Waals surface area contributed by atoms with Crippen LogP contribution in [0.1, 0.15) is 21.6 Å². The molecule has 2 aromatic rings. The molecule has 1 aromatic carbocycles. The number of carbonyl (C=O) groups is 1. The Morgan fingerprint density at radius 1 is 1.11 bits per heavy atom. The number of benzene rings is 1. The summed E-state index contributed by atoms with van der Waals surface area (Å²) in [5.41, 5.74) is 4.65. The molecule has 4 heteroatoms. The number of rotatable bonds is 3. The molecule has 0 spiro atoms. The minimum Gasteiger partial charge on any atom is -0.293 e. The molecule has 2 rings (SSSR count). The highest BCUT2D eigenvalue weighted by Gasteiger charge is 2.09. The van der Waals surface area contributed by atoms with E-state index in [9.17, 15) is 4.79 Å². The number of nitrogens with zero attached hydrogens (tertiary/aromatic N) is 1. The summed E-state index contributed by atoms with van der Waals surface area (Å²) in [5.74, 6) is 0.0652. The molecule has 0 aliphatic heterocycles. The van der Waals surface area contributed by atoms with Gasteiger partial charge < -0.3 is 0 Å². The molecule has 0 amide bonds. The molecular weight excluding hydrogens is 370 g/mol. The van der Waals surface area contributed by atoms with Crippen molar-refractivity contribution in [2.24, 2.45) is 0 Å². The Morgan fingerprint density at radius 2 is 1.74 bits per heavy atom. The van der Waals surface area contributed by atoms with Crippen molar-refractivity contribution in [3.8, 4) is 11.3 Å². The standard InChI is InChI=1S/C15H14BrNO.BrH/c1-10-3-5-12(6-4-10)14-8-7-13(11(2)17-14)15(18)9-16;/h3-8H,9H2,1-2H3;1H. The maximum Gasteiger partial charge on any atom is 0.175 e. The van der Waals surface area contributed by atoms with E-state index in [0.717, 1.165) is 17.0 Å². The van der Waals surface area contributed by atoms with Crippen LogP contribution in [0.4, 0.5) is 0 Å². The van der Waals surface area contributed by atoms with E-state index < -0.39 is 0 Å². The number of aryl methyl sites for hydroxylation is 2. The summed E-state index contributed by atoms with van der Waals surface area (Å²) in [6.45, 7) is 3.92. The maximum absolute atomic E-state index is 11.6. The lowest BCUT2D eigenvalue weighted by Gasteiger charge is -2.06. The third-order valence-corrected chi connectivity index (χ3v) is 3.36. The summed E-state index contributed by atoms with van der Waals surface area (Å²) < 4.78 is 0. The van der Waals surface area contributed by atoms with Crippen LogP contribution in [0.2, 0.25) is 0 Å². The van der Waals surface area contributed by atoms with Gasteiger partial charge in [0, 0.05) is 16.8 Å². The Bertz CT molecular complexity index is 579. The van der Waals surface area contributed by atoms with Crippen molar-refractivity contribution in [3.63, 3.8) is 0 Å². The largest absolute Gasteiger partial charge is 0.293 e. The quantitative estimate of drug-likeness (QED) is 0.575. The Morgan fingerprint density at radius 3 is 2.26 bits per heavy atom. The van der Waals surface area contributed by atoms with Gasteiger partial charge >= 0.3 is 0 Å². The Kier molecular flexibility index (Phi) is 5.88. The molecule has 0 saturated carbocycles. The zero-order valence-corrected chi connectivity index (χ0v) is 14.1. The van der Waals surface area contributed by atoms with Crippen LogP contribution in [-0.2, 0) is 0 Å². The van der Waals surface area contributed by atoms with E-state index >= 15 is 0 Å². The lowest BCUT2D eigenvalue weighted by molar-refractivity contribution is 0.102. The van der Waals surface area contributed by atoms with Crippen LogP contribution in [0.5, 0.6) is 0 Å². The van der Waals surface area contributed by atoms with Gasteiger partial charge in [-0.15, -0.1) is 17.0 Å². The van der Waals surface area contributed by atoms with E-state index in [1.165, 1.54) is 5.56 Å². The van der Waals surface area contributed by atoms with Crippen molar-refractivity contribution >= 4 is 38.7 Å². The topological polar surface area (TPSA) is 30.0 Å². The highest BCUT2D eigenvalue weighted by Crippen LogP contribution is 2.20. The Labute approximate surface area is 132 Å². The summed E-state index contributed by atoms with van der Waals surface area (Å²) in [4.78, 5) is 16.1. The lowest BCUT2D eigenvalue weighted by Crippen LogP contribution is -2.04. The van der Waals surface area contributed by atoms with Gasteiger partial charge in [0.15, 0.2) is 5.78 Å². The highest BCUT2D eigenvalue weighted by atomic mass is 79.9. The summed E-state index contributed by atoms with van der Waals surface area (Å²) in [6, 6.07) is 12.0. The highest BCUT2D eigenvalue weighted by molar-refractivity contribution is 9.09. The van der Waals surface area contributed by atoms with Gasteiger partial charge in [-0.1, -0.05) is 45.8 Å². The van der Waals surface area contributed by atoms with Gasteiger partial charge in [-0.2, -0.15) is 0 Å². The van der Waals surface area contributed by atoms with E-state index in [2.05, 4.69) is 40.0 Å². The number of pyridine rings is 1. The van der Waals surface area contributed by atoms with Gasteiger partial charge in [0.1, 0.15) is 0 Å². The van der Waals surface area contributed by atoms with Crippen LogP contribution in [0.3, 0.4) is 0 Å². The molecule has 2 nitrogen and oxygen atoms in total. The summed E-state index contributed by atoms with van der Waals surface area (Å²) >= 11 is 3.18. The fraction of sp³-hybridized carbons (Fsp3) is 0.200. The second-order valence-electron chi connectivity index (χ2n) is 4.25. The number of ketones is 1.